The maximum Gasteiger partial charge on any atom is 0.325 e. The number of benzene rings is 3. The molecule has 5 nitrogen and oxygen atoms in total. The molecule has 33 heavy (non-hydrogen) atoms. The number of aryl methyl sites for hydroxylation is 1. The second-order valence-corrected chi connectivity index (χ2v) is 9.20. The highest BCUT2D eigenvalue weighted by Gasteiger charge is 2.31. The molecule has 0 spiro atoms. The Balaban J connectivity index is 1.52. The molecule has 2 unspecified atom stereocenters. The topological polar surface area (TPSA) is 78.4 Å². The van der Waals surface area contributed by atoms with Crippen molar-refractivity contribution in [1.82, 2.24) is 10.6 Å². The molecule has 174 valence electrons. The fraction of sp³-hybridized carbons (Fsp3) is 0.357. The van der Waals surface area contributed by atoms with Gasteiger partial charge in [-0.25, -0.2) is 0 Å². The number of fused-ring (bicyclic) bond motifs is 1. The third kappa shape index (κ3) is 5.99. The molecule has 3 aromatic rings. The Morgan fingerprint density at radius 3 is 2.30 bits per heavy atom. The van der Waals surface area contributed by atoms with E-state index in [0.717, 1.165) is 24.9 Å². The van der Waals surface area contributed by atoms with Crippen molar-refractivity contribution in [2.75, 3.05) is 6.54 Å². The average Bonchev–Trinajstić information content (AvgIpc) is 2.81. The maximum atomic E-state index is 12.6. The van der Waals surface area contributed by atoms with Gasteiger partial charge in [-0.3, -0.25) is 9.59 Å². The van der Waals surface area contributed by atoms with Gasteiger partial charge in [0, 0.05) is 6.04 Å². The predicted octanol–water partition coefficient (Wildman–Crippen LogP) is 4.99. The molecule has 0 bridgehead atoms. The summed E-state index contributed by atoms with van der Waals surface area (Å²) < 4.78 is 0. The summed E-state index contributed by atoms with van der Waals surface area (Å²) in [6, 6.07) is 22.3. The van der Waals surface area contributed by atoms with E-state index in [1.165, 1.54) is 28.8 Å². The fourth-order valence-electron chi connectivity index (χ4n) is 4.01. The monoisotopic (exact) mass is 446 g/mol. The van der Waals surface area contributed by atoms with Crippen molar-refractivity contribution in [1.29, 1.82) is 0 Å². The minimum atomic E-state index is -1.04. The highest BCUT2D eigenvalue weighted by atomic mass is 16.4. The van der Waals surface area contributed by atoms with Gasteiger partial charge in [-0.15, -0.1) is 0 Å². The number of carboxylic acid groups (broad SMARTS) is 1. The molecular formula is C28H34N2O3. The molecule has 0 aromatic heterocycles. The summed E-state index contributed by atoms with van der Waals surface area (Å²) in [5.74, 6) is -1.34. The van der Waals surface area contributed by atoms with Crippen LogP contribution in [0.3, 0.4) is 0 Å². The standard InChI is InChI=1S/C28H34N2O3/c1-19(24-13-7-11-22-10-5-6-12-25(22)24)29-18-8-9-21-14-16-23(17-15-21)28(3,4)27(33)30-20(2)26(31)32/h5-7,10-17,19-20,29H,8-9,18H2,1-4H3,(H,30,33)(H,31,32). The van der Waals surface area contributed by atoms with E-state index in [4.69, 9.17) is 5.11 Å². The van der Waals surface area contributed by atoms with E-state index in [2.05, 4.69) is 72.2 Å². The quantitative estimate of drug-likeness (QED) is 0.383. The van der Waals surface area contributed by atoms with Gasteiger partial charge in [-0.05, 0) is 74.5 Å². The third-order valence-electron chi connectivity index (χ3n) is 6.34. The number of carbonyl (C=O) groups excluding carboxylic acids is 1. The van der Waals surface area contributed by atoms with Crippen LogP contribution in [0.2, 0.25) is 0 Å². The zero-order valence-electron chi connectivity index (χ0n) is 19.9. The molecule has 0 radical (unpaired) electrons. The van der Waals surface area contributed by atoms with Crippen LogP contribution in [0.5, 0.6) is 0 Å². The first-order valence-electron chi connectivity index (χ1n) is 11.5. The van der Waals surface area contributed by atoms with Gasteiger partial charge in [0.1, 0.15) is 6.04 Å². The van der Waals surface area contributed by atoms with Gasteiger partial charge in [-0.2, -0.15) is 0 Å². The van der Waals surface area contributed by atoms with Gasteiger partial charge < -0.3 is 15.7 Å². The smallest absolute Gasteiger partial charge is 0.325 e. The largest absolute Gasteiger partial charge is 0.480 e. The van der Waals surface area contributed by atoms with E-state index in [0.29, 0.717) is 0 Å². The Morgan fingerprint density at radius 1 is 0.939 bits per heavy atom. The minimum Gasteiger partial charge on any atom is -0.480 e. The molecule has 0 aliphatic carbocycles. The summed E-state index contributed by atoms with van der Waals surface area (Å²) in [4.78, 5) is 23.6. The lowest BCUT2D eigenvalue weighted by atomic mass is 9.83. The Bertz CT molecular complexity index is 1100. The Kier molecular flexibility index (Phi) is 7.88. The second-order valence-electron chi connectivity index (χ2n) is 9.20. The van der Waals surface area contributed by atoms with E-state index in [1.54, 1.807) is 0 Å². The normalized spacial score (nSPS) is 13.5. The molecule has 3 N–H and O–H groups in total. The number of carboxylic acids is 1. The van der Waals surface area contributed by atoms with Crippen LogP contribution < -0.4 is 10.6 Å². The average molecular weight is 447 g/mol. The number of aliphatic carboxylic acids is 1. The molecule has 1 amide bonds. The van der Waals surface area contributed by atoms with Gasteiger partial charge in [0.2, 0.25) is 5.91 Å². The number of amides is 1. The molecule has 0 saturated carbocycles. The van der Waals surface area contributed by atoms with Gasteiger partial charge in [0.25, 0.3) is 0 Å². The van der Waals surface area contributed by atoms with Gasteiger partial charge in [0.15, 0.2) is 0 Å². The van der Waals surface area contributed by atoms with Crippen molar-refractivity contribution >= 4 is 22.6 Å². The number of nitrogens with one attached hydrogen (secondary N) is 2. The number of hydrogen-bond donors (Lipinski definition) is 3. The third-order valence-corrected chi connectivity index (χ3v) is 6.34. The Hall–Kier alpha value is -3.18. The lowest BCUT2D eigenvalue weighted by Gasteiger charge is -2.25. The molecule has 2 atom stereocenters. The van der Waals surface area contributed by atoms with Crippen LogP contribution in [0.25, 0.3) is 10.8 Å². The maximum absolute atomic E-state index is 12.6. The van der Waals surface area contributed by atoms with E-state index in [1.807, 2.05) is 26.0 Å². The molecule has 0 aliphatic heterocycles. The molecule has 5 heteroatoms. The molecule has 3 aromatic carbocycles. The molecular weight excluding hydrogens is 412 g/mol. The van der Waals surface area contributed by atoms with Crippen LogP contribution in [0.15, 0.2) is 66.7 Å². The van der Waals surface area contributed by atoms with Crippen molar-refractivity contribution in [2.45, 2.75) is 58.0 Å². The van der Waals surface area contributed by atoms with Crippen molar-refractivity contribution in [3.05, 3.63) is 83.4 Å². The van der Waals surface area contributed by atoms with Crippen LogP contribution in [0.1, 0.15) is 56.8 Å². The predicted molar refractivity (Wildman–Crippen MR) is 133 cm³/mol. The van der Waals surface area contributed by atoms with Crippen LogP contribution in [0.4, 0.5) is 0 Å². The highest BCUT2D eigenvalue weighted by Crippen LogP contribution is 2.25. The molecule has 0 saturated heterocycles. The van der Waals surface area contributed by atoms with Crippen LogP contribution in [-0.2, 0) is 21.4 Å². The molecule has 0 fully saturated rings. The van der Waals surface area contributed by atoms with Crippen LogP contribution >= 0.6 is 0 Å². The zero-order chi connectivity index (χ0) is 24.0. The van der Waals surface area contributed by atoms with Gasteiger partial charge in [-0.1, -0.05) is 66.7 Å². The summed E-state index contributed by atoms with van der Waals surface area (Å²) in [7, 11) is 0. The second kappa shape index (κ2) is 10.6. The van der Waals surface area contributed by atoms with Gasteiger partial charge in [0.05, 0.1) is 5.41 Å². The lowest BCUT2D eigenvalue weighted by molar-refractivity contribution is -0.142. The van der Waals surface area contributed by atoms with Crippen molar-refractivity contribution in [2.24, 2.45) is 0 Å². The zero-order valence-corrected chi connectivity index (χ0v) is 19.9. The number of rotatable bonds is 10. The number of hydrogen-bond acceptors (Lipinski definition) is 3. The van der Waals surface area contributed by atoms with Gasteiger partial charge >= 0.3 is 5.97 Å². The Morgan fingerprint density at radius 2 is 1.61 bits per heavy atom. The summed E-state index contributed by atoms with van der Waals surface area (Å²) in [6.45, 7) is 8.20. The first-order chi connectivity index (χ1) is 15.7. The summed E-state index contributed by atoms with van der Waals surface area (Å²) in [5.41, 5.74) is 2.59. The first-order valence-corrected chi connectivity index (χ1v) is 11.5. The van der Waals surface area contributed by atoms with Crippen molar-refractivity contribution in [3.8, 4) is 0 Å². The molecule has 0 heterocycles. The van der Waals surface area contributed by atoms with Crippen LogP contribution in [-0.4, -0.2) is 29.6 Å². The van der Waals surface area contributed by atoms with Crippen molar-refractivity contribution in [3.63, 3.8) is 0 Å². The fourth-order valence-corrected chi connectivity index (χ4v) is 4.01. The SMILES string of the molecule is CC(NC(=O)C(C)(C)c1ccc(CCCNC(C)c2cccc3ccccc23)cc1)C(=O)O. The van der Waals surface area contributed by atoms with E-state index in [9.17, 15) is 9.59 Å². The minimum absolute atomic E-state index is 0.269. The van der Waals surface area contributed by atoms with E-state index in [-0.39, 0.29) is 11.9 Å². The summed E-state index contributed by atoms with van der Waals surface area (Å²) >= 11 is 0. The summed E-state index contributed by atoms with van der Waals surface area (Å²) in [6.07, 6.45) is 1.95. The summed E-state index contributed by atoms with van der Waals surface area (Å²) in [5, 5.41) is 17.8. The number of carbonyl (C=O) groups is 2. The van der Waals surface area contributed by atoms with E-state index < -0.39 is 17.4 Å². The lowest BCUT2D eigenvalue weighted by Crippen LogP contribution is -2.47. The Labute approximate surface area is 196 Å². The molecule has 3 rings (SSSR count). The highest BCUT2D eigenvalue weighted by molar-refractivity contribution is 5.90. The van der Waals surface area contributed by atoms with Crippen LogP contribution in [0, 0.1) is 0 Å². The van der Waals surface area contributed by atoms with Crippen molar-refractivity contribution < 1.29 is 14.7 Å². The van der Waals surface area contributed by atoms with E-state index >= 15 is 0 Å². The first kappa shape index (κ1) is 24.5. The molecule has 0 aliphatic rings.